The van der Waals surface area contributed by atoms with Crippen molar-refractivity contribution in [1.29, 1.82) is 0 Å². The van der Waals surface area contributed by atoms with Crippen molar-refractivity contribution in [1.82, 2.24) is 0 Å². The van der Waals surface area contributed by atoms with Crippen molar-refractivity contribution < 1.29 is 14.3 Å². The van der Waals surface area contributed by atoms with Gasteiger partial charge in [-0.2, -0.15) is 0 Å². The van der Waals surface area contributed by atoms with Gasteiger partial charge < -0.3 is 15.4 Å². The molecule has 0 atom stereocenters. The first-order valence-corrected chi connectivity index (χ1v) is 7.34. The van der Waals surface area contributed by atoms with Crippen LogP contribution in [0.3, 0.4) is 0 Å². The molecule has 1 fully saturated rings. The highest BCUT2D eigenvalue weighted by Crippen LogP contribution is 2.30. The van der Waals surface area contributed by atoms with Gasteiger partial charge in [0.15, 0.2) is 0 Å². The Balaban J connectivity index is 2.08. The monoisotopic (exact) mass is 290 g/mol. The lowest BCUT2D eigenvalue weighted by molar-refractivity contribution is -0.117. The molecule has 5 nitrogen and oxygen atoms in total. The van der Waals surface area contributed by atoms with Crippen molar-refractivity contribution in [3.63, 3.8) is 0 Å². The second-order valence-electron chi connectivity index (χ2n) is 5.50. The number of benzene rings is 1. The lowest BCUT2D eigenvalue weighted by Gasteiger charge is -2.14. The summed E-state index contributed by atoms with van der Waals surface area (Å²) in [4.78, 5) is 23.4. The Labute approximate surface area is 125 Å². The predicted octanol–water partition coefficient (Wildman–Crippen LogP) is 3.17. The van der Waals surface area contributed by atoms with Crippen LogP contribution in [0.4, 0.5) is 11.4 Å². The van der Waals surface area contributed by atoms with Crippen molar-refractivity contribution in [2.24, 2.45) is 5.92 Å². The molecule has 2 rings (SSSR count). The Hall–Kier alpha value is -2.04. The van der Waals surface area contributed by atoms with Gasteiger partial charge in [0.1, 0.15) is 5.75 Å². The van der Waals surface area contributed by atoms with Crippen LogP contribution in [-0.4, -0.2) is 18.9 Å². The van der Waals surface area contributed by atoms with Gasteiger partial charge in [-0.25, -0.2) is 0 Å². The highest BCUT2D eigenvalue weighted by atomic mass is 16.5. The van der Waals surface area contributed by atoms with E-state index >= 15 is 0 Å². The molecule has 0 bridgehead atoms. The molecule has 0 heterocycles. The minimum Gasteiger partial charge on any atom is -0.497 e. The van der Waals surface area contributed by atoms with E-state index in [9.17, 15) is 9.59 Å². The molecule has 2 N–H and O–H groups in total. The third kappa shape index (κ3) is 4.48. The second kappa shape index (κ2) is 7.11. The summed E-state index contributed by atoms with van der Waals surface area (Å²) in [5.74, 6) is 0.938. The van der Waals surface area contributed by atoms with E-state index < -0.39 is 0 Å². The van der Waals surface area contributed by atoms with Gasteiger partial charge in [-0.15, -0.1) is 0 Å². The molecule has 0 spiro atoms. The number of carbonyl (C=O) groups is 2. The van der Waals surface area contributed by atoms with Gasteiger partial charge in [-0.3, -0.25) is 9.59 Å². The van der Waals surface area contributed by atoms with Crippen molar-refractivity contribution in [3.05, 3.63) is 18.2 Å². The number of ether oxygens (including phenoxy) is 1. The molecule has 114 valence electrons. The van der Waals surface area contributed by atoms with E-state index in [1.807, 2.05) is 0 Å². The molecule has 1 aliphatic carbocycles. The van der Waals surface area contributed by atoms with E-state index in [1.54, 1.807) is 25.3 Å². The van der Waals surface area contributed by atoms with Crippen molar-refractivity contribution in [3.8, 4) is 5.75 Å². The third-order valence-electron chi connectivity index (χ3n) is 3.76. The standard InChI is InChI=1S/C16H22N2O3/c1-11(19)17-14-8-7-13(21-2)10-15(14)18-16(20)9-12-5-3-4-6-12/h7-8,10,12H,3-6,9H2,1-2H3,(H,17,19)(H,18,20). The lowest BCUT2D eigenvalue weighted by Crippen LogP contribution is -2.17. The molecule has 1 saturated carbocycles. The normalized spacial score (nSPS) is 14.8. The summed E-state index contributed by atoms with van der Waals surface area (Å²) in [5.41, 5.74) is 1.16. The summed E-state index contributed by atoms with van der Waals surface area (Å²) in [5, 5.41) is 5.60. The summed E-state index contributed by atoms with van der Waals surface area (Å²) in [7, 11) is 1.57. The van der Waals surface area contributed by atoms with Crippen molar-refractivity contribution >= 4 is 23.2 Å². The zero-order chi connectivity index (χ0) is 15.2. The van der Waals surface area contributed by atoms with Crippen LogP contribution in [-0.2, 0) is 9.59 Å². The SMILES string of the molecule is COc1ccc(NC(C)=O)c(NC(=O)CC2CCCC2)c1. The van der Waals surface area contributed by atoms with E-state index in [0.717, 1.165) is 12.8 Å². The minimum atomic E-state index is -0.175. The van der Waals surface area contributed by atoms with Crippen LogP contribution in [0.25, 0.3) is 0 Å². The number of rotatable bonds is 5. The molecule has 1 aromatic rings. The largest absolute Gasteiger partial charge is 0.497 e. The van der Waals surface area contributed by atoms with Gasteiger partial charge in [-0.1, -0.05) is 12.8 Å². The van der Waals surface area contributed by atoms with Gasteiger partial charge in [0, 0.05) is 19.4 Å². The summed E-state index contributed by atoms with van der Waals surface area (Å²) in [6.45, 7) is 1.44. The van der Waals surface area contributed by atoms with E-state index in [-0.39, 0.29) is 11.8 Å². The second-order valence-corrected chi connectivity index (χ2v) is 5.50. The maximum atomic E-state index is 12.1. The number of hydrogen-bond donors (Lipinski definition) is 2. The van der Waals surface area contributed by atoms with Gasteiger partial charge in [0.05, 0.1) is 18.5 Å². The zero-order valence-electron chi connectivity index (χ0n) is 12.6. The highest BCUT2D eigenvalue weighted by Gasteiger charge is 2.19. The van der Waals surface area contributed by atoms with Crippen LogP contribution in [0.1, 0.15) is 39.0 Å². The highest BCUT2D eigenvalue weighted by molar-refractivity contribution is 5.99. The van der Waals surface area contributed by atoms with Gasteiger partial charge >= 0.3 is 0 Å². The number of nitrogens with one attached hydrogen (secondary N) is 2. The molecule has 1 aliphatic rings. The summed E-state index contributed by atoms with van der Waals surface area (Å²) >= 11 is 0. The fraction of sp³-hybridized carbons (Fsp3) is 0.500. The predicted molar refractivity (Wildman–Crippen MR) is 82.5 cm³/mol. The van der Waals surface area contributed by atoms with Crippen LogP contribution in [0, 0.1) is 5.92 Å². The van der Waals surface area contributed by atoms with Crippen molar-refractivity contribution in [2.45, 2.75) is 39.0 Å². The van der Waals surface area contributed by atoms with E-state index in [4.69, 9.17) is 4.74 Å². The Morgan fingerprint density at radius 2 is 1.90 bits per heavy atom. The molecule has 21 heavy (non-hydrogen) atoms. The average Bonchev–Trinajstić information content (AvgIpc) is 2.93. The van der Waals surface area contributed by atoms with Crippen LogP contribution in [0.5, 0.6) is 5.75 Å². The first-order chi connectivity index (χ1) is 10.1. The molecular formula is C16H22N2O3. The van der Waals surface area contributed by atoms with E-state index in [2.05, 4.69) is 10.6 Å². The Bertz CT molecular complexity index is 522. The Kier molecular flexibility index (Phi) is 5.20. The van der Waals surface area contributed by atoms with Gasteiger partial charge in [-0.05, 0) is 30.9 Å². The zero-order valence-corrected chi connectivity index (χ0v) is 12.6. The van der Waals surface area contributed by atoms with Crippen LogP contribution in [0.2, 0.25) is 0 Å². The summed E-state index contributed by atoms with van der Waals surface area (Å²) in [6, 6.07) is 5.20. The third-order valence-corrected chi connectivity index (χ3v) is 3.76. The first kappa shape index (κ1) is 15.4. The number of carbonyl (C=O) groups excluding carboxylic acids is 2. The molecule has 0 unspecified atom stereocenters. The number of methoxy groups -OCH3 is 1. The Morgan fingerprint density at radius 3 is 2.52 bits per heavy atom. The number of hydrogen-bond acceptors (Lipinski definition) is 3. The molecule has 0 aromatic heterocycles. The molecule has 0 radical (unpaired) electrons. The van der Waals surface area contributed by atoms with Gasteiger partial charge in [0.25, 0.3) is 0 Å². The molecule has 1 aromatic carbocycles. The molecule has 0 aliphatic heterocycles. The summed E-state index contributed by atoms with van der Waals surface area (Å²) in [6.07, 6.45) is 5.23. The van der Waals surface area contributed by atoms with Crippen LogP contribution >= 0.6 is 0 Å². The fourth-order valence-electron chi connectivity index (χ4n) is 2.73. The number of amides is 2. The van der Waals surface area contributed by atoms with E-state index in [1.165, 1.54) is 19.8 Å². The van der Waals surface area contributed by atoms with E-state index in [0.29, 0.717) is 29.5 Å². The lowest BCUT2D eigenvalue weighted by atomic mass is 10.0. The minimum absolute atomic E-state index is 0.0123. The van der Waals surface area contributed by atoms with Crippen LogP contribution in [0.15, 0.2) is 18.2 Å². The maximum Gasteiger partial charge on any atom is 0.224 e. The van der Waals surface area contributed by atoms with Crippen LogP contribution < -0.4 is 15.4 Å². The molecule has 0 saturated heterocycles. The maximum absolute atomic E-state index is 12.1. The number of anilines is 2. The first-order valence-electron chi connectivity index (χ1n) is 7.34. The quantitative estimate of drug-likeness (QED) is 0.875. The average molecular weight is 290 g/mol. The smallest absolute Gasteiger partial charge is 0.224 e. The molecule has 2 amide bonds. The molecule has 5 heteroatoms. The topological polar surface area (TPSA) is 67.4 Å². The molecular weight excluding hydrogens is 268 g/mol. The van der Waals surface area contributed by atoms with Crippen molar-refractivity contribution in [2.75, 3.05) is 17.7 Å². The Morgan fingerprint density at radius 1 is 1.19 bits per heavy atom. The fourth-order valence-corrected chi connectivity index (χ4v) is 2.73. The van der Waals surface area contributed by atoms with Gasteiger partial charge in [0.2, 0.25) is 11.8 Å². The summed E-state index contributed by atoms with van der Waals surface area (Å²) < 4.78 is 5.17.